The van der Waals surface area contributed by atoms with Crippen LogP contribution in [0.25, 0.3) is 0 Å². The second-order valence-corrected chi connectivity index (χ2v) is 5.78. The molecule has 0 spiro atoms. The summed E-state index contributed by atoms with van der Waals surface area (Å²) < 4.78 is 5.72. The van der Waals surface area contributed by atoms with Crippen LogP contribution in [0.3, 0.4) is 0 Å². The molecule has 1 aromatic rings. The highest BCUT2D eigenvalue weighted by Gasteiger charge is 2.22. The van der Waals surface area contributed by atoms with Gasteiger partial charge < -0.3 is 10.5 Å². The minimum Gasteiger partial charge on any atom is -0.373 e. The van der Waals surface area contributed by atoms with Gasteiger partial charge in [-0.15, -0.1) is 11.3 Å². The fourth-order valence-corrected chi connectivity index (χ4v) is 3.19. The lowest BCUT2D eigenvalue weighted by atomic mass is 10.2. The summed E-state index contributed by atoms with van der Waals surface area (Å²) in [6.45, 7) is 8.02. The van der Waals surface area contributed by atoms with Crippen molar-refractivity contribution >= 4 is 11.3 Å². The highest BCUT2D eigenvalue weighted by molar-refractivity contribution is 7.11. The normalized spacial score (nSPS) is 27.2. The van der Waals surface area contributed by atoms with Gasteiger partial charge in [-0.1, -0.05) is 0 Å². The molecular formula is C12H20N2OS. The van der Waals surface area contributed by atoms with Gasteiger partial charge in [0.1, 0.15) is 0 Å². The third-order valence-corrected chi connectivity index (χ3v) is 3.89. The quantitative estimate of drug-likeness (QED) is 0.876. The highest BCUT2D eigenvalue weighted by Crippen LogP contribution is 2.20. The summed E-state index contributed by atoms with van der Waals surface area (Å²) in [5, 5.41) is 0. The zero-order chi connectivity index (χ0) is 11.5. The van der Waals surface area contributed by atoms with Gasteiger partial charge in [0.15, 0.2) is 0 Å². The van der Waals surface area contributed by atoms with Gasteiger partial charge in [0, 0.05) is 35.9 Å². The Morgan fingerprint density at radius 1 is 1.31 bits per heavy atom. The van der Waals surface area contributed by atoms with Crippen LogP contribution in [0.15, 0.2) is 12.1 Å². The molecule has 0 saturated carbocycles. The van der Waals surface area contributed by atoms with Crippen molar-refractivity contribution in [3.63, 3.8) is 0 Å². The van der Waals surface area contributed by atoms with E-state index in [2.05, 4.69) is 30.9 Å². The van der Waals surface area contributed by atoms with Crippen LogP contribution in [0.1, 0.15) is 23.6 Å². The average Bonchev–Trinajstić information content (AvgIpc) is 2.64. The smallest absolute Gasteiger partial charge is 0.0678 e. The molecule has 0 amide bonds. The van der Waals surface area contributed by atoms with Crippen molar-refractivity contribution in [2.75, 3.05) is 13.1 Å². The Hall–Kier alpha value is -0.420. The first-order chi connectivity index (χ1) is 7.67. The molecule has 2 N–H and O–H groups in total. The van der Waals surface area contributed by atoms with E-state index in [-0.39, 0.29) is 0 Å². The number of rotatable bonds is 3. The SMILES string of the molecule is CC1CN(Cc2ccc(CN)s2)CC(C)O1. The van der Waals surface area contributed by atoms with Gasteiger partial charge in [-0.25, -0.2) is 0 Å². The number of nitrogens with two attached hydrogens (primary N) is 1. The molecule has 1 aliphatic rings. The molecule has 1 saturated heterocycles. The second kappa shape index (κ2) is 5.27. The standard InChI is InChI=1S/C12H20N2OS/c1-9-6-14(7-10(2)15-9)8-12-4-3-11(5-13)16-12/h3-4,9-10H,5-8,13H2,1-2H3. The Morgan fingerprint density at radius 2 is 1.94 bits per heavy atom. The van der Waals surface area contributed by atoms with Crippen LogP contribution in [-0.2, 0) is 17.8 Å². The number of hydrogen-bond acceptors (Lipinski definition) is 4. The fourth-order valence-electron chi connectivity index (χ4n) is 2.25. The minimum atomic E-state index is 0.345. The van der Waals surface area contributed by atoms with Gasteiger partial charge in [-0.2, -0.15) is 0 Å². The summed E-state index contributed by atoms with van der Waals surface area (Å²) in [5.41, 5.74) is 5.62. The van der Waals surface area contributed by atoms with Crippen molar-refractivity contribution in [3.05, 3.63) is 21.9 Å². The van der Waals surface area contributed by atoms with Crippen LogP contribution in [0, 0.1) is 0 Å². The average molecular weight is 240 g/mol. The zero-order valence-electron chi connectivity index (χ0n) is 9.98. The van der Waals surface area contributed by atoms with Crippen molar-refractivity contribution in [2.24, 2.45) is 5.73 Å². The van der Waals surface area contributed by atoms with E-state index < -0.39 is 0 Å². The topological polar surface area (TPSA) is 38.5 Å². The van der Waals surface area contributed by atoms with E-state index in [0.29, 0.717) is 18.8 Å². The summed E-state index contributed by atoms with van der Waals surface area (Å²) in [6, 6.07) is 4.32. The Balaban J connectivity index is 1.93. The van der Waals surface area contributed by atoms with Crippen molar-refractivity contribution < 1.29 is 4.74 Å². The Bertz CT molecular complexity index is 330. The van der Waals surface area contributed by atoms with E-state index in [0.717, 1.165) is 19.6 Å². The summed E-state index contributed by atoms with van der Waals surface area (Å²) >= 11 is 1.82. The van der Waals surface area contributed by atoms with Crippen LogP contribution >= 0.6 is 11.3 Å². The van der Waals surface area contributed by atoms with Gasteiger partial charge in [-0.05, 0) is 26.0 Å². The van der Waals surface area contributed by atoms with Gasteiger partial charge in [0.2, 0.25) is 0 Å². The minimum absolute atomic E-state index is 0.345. The molecule has 90 valence electrons. The van der Waals surface area contributed by atoms with E-state index in [1.54, 1.807) is 0 Å². The van der Waals surface area contributed by atoms with Crippen LogP contribution < -0.4 is 5.73 Å². The van der Waals surface area contributed by atoms with E-state index >= 15 is 0 Å². The molecule has 2 unspecified atom stereocenters. The van der Waals surface area contributed by atoms with E-state index in [4.69, 9.17) is 10.5 Å². The predicted octanol–water partition coefficient (Wildman–Crippen LogP) is 1.82. The number of hydrogen-bond donors (Lipinski definition) is 1. The molecular weight excluding hydrogens is 220 g/mol. The van der Waals surface area contributed by atoms with Crippen molar-refractivity contribution in [3.8, 4) is 0 Å². The van der Waals surface area contributed by atoms with Crippen LogP contribution in [0.4, 0.5) is 0 Å². The number of nitrogens with zero attached hydrogens (tertiary/aromatic N) is 1. The molecule has 1 aromatic heterocycles. The van der Waals surface area contributed by atoms with Gasteiger partial charge in [-0.3, -0.25) is 4.90 Å². The lowest BCUT2D eigenvalue weighted by molar-refractivity contribution is -0.0702. The molecule has 1 fully saturated rings. The predicted molar refractivity (Wildman–Crippen MR) is 67.5 cm³/mol. The molecule has 1 aliphatic heterocycles. The molecule has 2 rings (SSSR count). The van der Waals surface area contributed by atoms with Gasteiger partial charge in [0.25, 0.3) is 0 Å². The van der Waals surface area contributed by atoms with Crippen molar-refractivity contribution in [1.82, 2.24) is 4.90 Å². The molecule has 0 aromatic carbocycles. The lowest BCUT2D eigenvalue weighted by Crippen LogP contribution is -2.44. The summed E-state index contributed by atoms with van der Waals surface area (Å²) in [7, 11) is 0. The highest BCUT2D eigenvalue weighted by atomic mass is 32.1. The maximum absolute atomic E-state index is 5.72. The zero-order valence-corrected chi connectivity index (χ0v) is 10.8. The number of ether oxygens (including phenoxy) is 1. The summed E-state index contributed by atoms with van der Waals surface area (Å²) in [4.78, 5) is 5.14. The van der Waals surface area contributed by atoms with E-state index in [9.17, 15) is 0 Å². The largest absolute Gasteiger partial charge is 0.373 e. The van der Waals surface area contributed by atoms with Gasteiger partial charge >= 0.3 is 0 Å². The third-order valence-electron chi connectivity index (χ3n) is 2.79. The molecule has 0 bridgehead atoms. The number of thiophene rings is 1. The fraction of sp³-hybridized carbons (Fsp3) is 0.667. The molecule has 2 heterocycles. The first kappa shape index (κ1) is 12.0. The molecule has 2 atom stereocenters. The Morgan fingerprint density at radius 3 is 2.50 bits per heavy atom. The van der Waals surface area contributed by atoms with Crippen molar-refractivity contribution in [2.45, 2.75) is 39.1 Å². The first-order valence-corrected chi connectivity index (χ1v) is 6.64. The lowest BCUT2D eigenvalue weighted by Gasteiger charge is -2.34. The second-order valence-electron chi connectivity index (χ2n) is 4.52. The third kappa shape index (κ3) is 3.04. The van der Waals surface area contributed by atoms with E-state index in [1.807, 2.05) is 11.3 Å². The number of morpholine rings is 1. The summed E-state index contributed by atoms with van der Waals surface area (Å²) in [5.74, 6) is 0. The van der Waals surface area contributed by atoms with Crippen LogP contribution in [-0.4, -0.2) is 30.2 Å². The van der Waals surface area contributed by atoms with Gasteiger partial charge in [0.05, 0.1) is 12.2 Å². The Labute approximate surface area is 101 Å². The van der Waals surface area contributed by atoms with Crippen LogP contribution in [0.5, 0.6) is 0 Å². The molecule has 0 radical (unpaired) electrons. The maximum atomic E-state index is 5.72. The maximum Gasteiger partial charge on any atom is 0.0678 e. The first-order valence-electron chi connectivity index (χ1n) is 5.83. The summed E-state index contributed by atoms with van der Waals surface area (Å²) in [6.07, 6.45) is 0.690. The molecule has 16 heavy (non-hydrogen) atoms. The monoisotopic (exact) mass is 240 g/mol. The van der Waals surface area contributed by atoms with Crippen molar-refractivity contribution in [1.29, 1.82) is 0 Å². The van der Waals surface area contributed by atoms with E-state index in [1.165, 1.54) is 9.75 Å². The Kier molecular flexibility index (Phi) is 3.97. The molecule has 3 nitrogen and oxygen atoms in total. The van der Waals surface area contributed by atoms with Crippen LogP contribution in [0.2, 0.25) is 0 Å². The molecule has 4 heteroatoms. The molecule has 0 aliphatic carbocycles.